The Labute approximate surface area is 737 Å². The van der Waals surface area contributed by atoms with E-state index in [0.29, 0.717) is 0 Å². The van der Waals surface area contributed by atoms with Crippen LogP contribution in [0.3, 0.4) is 0 Å². The Morgan fingerprint density at radius 1 is 0.286 bits per heavy atom. The molecule has 0 aliphatic carbocycles. The Morgan fingerprint density at radius 3 is 0.286 bits per heavy atom. The van der Waals surface area contributed by atoms with Gasteiger partial charge in [-0.15, -0.1) is 0 Å². The van der Waals surface area contributed by atoms with Crippen molar-refractivity contribution in [3.8, 4) is 0 Å². The van der Waals surface area contributed by atoms with Crippen LogP contribution in [0.4, 0.5) is 0 Å². The van der Waals surface area contributed by atoms with Crippen molar-refractivity contribution < 1.29 is 744 Å². The molecule has 0 fully saturated rings. The summed E-state index contributed by atoms with van der Waals surface area (Å²) < 4.78 is 26.6. The average molecular weight is 815 g/mol. The summed E-state index contributed by atoms with van der Waals surface area (Å²) in [6.07, 6.45) is 0. The van der Waals surface area contributed by atoms with E-state index in [0.717, 1.165) is 0 Å². The summed E-state index contributed by atoms with van der Waals surface area (Å²) in [5, 5.41) is 0. The zero-order valence-electron chi connectivity index (χ0n) is 32.6. The van der Waals surface area contributed by atoms with E-state index in [1.807, 2.05) is 0 Å². The molecule has 0 amide bonds. The van der Waals surface area contributed by atoms with Crippen LogP contribution in [0.25, 0.3) is 0 Å². The van der Waals surface area contributed by atoms with Gasteiger partial charge < -0.3 is 62.6 Å². The van der Waals surface area contributed by atoms with Gasteiger partial charge in [-0.2, -0.15) is 0 Å². The molecular weight excluding hydrogens is 793 g/mol. The van der Waals surface area contributed by atoms with Crippen molar-refractivity contribution in [3.63, 3.8) is 0 Å². The monoisotopic (exact) mass is 814 g/mol. The second-order valence-corrected chi connectivity index (χ2v) is 4.62. The maximum Gasteiger partial charge on any atom is 1.00 e. The second-order valence-electron chi connectivity index (χ2n) is 1.54. The number of phosphoric acid groups is 3. The Kier molecular flexibility index (Phi) is 260. The van der Waals surface area contributed by atoms with Crippen molar-refractivity contribution in [2.45, 2.75) is 0 Å². The molecule has 12 nitrogen and oxygen atoms in total. The fourth-order valence-corrected chi connectivity index (χ4v) is 0. The molecule has 0 atom stereocenters. The van der Waals surface area contributed by atoms with Crippen LogP contribution in [0, 0.1) is 0 Å². The molecule has 0 saturated carbocycles. The fraction of sp³-hybridized carbons (Fsp3) is 0. The summed E-state index contributed by atoms with van der Waals surface area (Å²) in [4.78, 5) is 64.7. The molecule has 0 aromatic rings. The van der Waals surface area contributed by atoms with Gasteiger partial charge in [-0.25, -0.2) is 13.7 Å². The van der Waals surface area contributed by atoms with E-state index >= 15 is 0 Å². The third kappa shape index (κ3) is 222. The molecule has 0 saturated heterocycles. The van der Waals surface area contributed by atoms with Crippen molar-refractivity contribution >= 4 is 23.5 Å². The first-order valence-electron chi connectivity index (χ1n) is 2.35. The fourth-order valence-electron chi connectivity index (χ4n) is 0. The minimum absolute atomic E-state index is 0. The van der Waals surface area contributed by atoms with E-state index < -0.39 is 23.5 Å². The molecule has 0 unspecified atom stereocenters. The standard InChI is InChI=1S/13K.3H3O4P.13H/c;;;;;;;;;;;;;3*1-5(2,3)4;;;;;;;;;;;;;/h;;;;;;;;;;;;;3*(H3,1,2,3,4);;;;;;;;;;;;;/q13*+1;;;;13*-1. The van der Waals surface area contributed by atoms with Crippen LogP contribution in [0.5, 0.6) is 0 Å². The number of rotatable bonds is 0. The van der Waals surface area contributed by atoms with Gasteiger partial charge >= 0.3 is 691 Å². The van der Waals surface area contributed by atoms with Crippen LogP contribution in [0.1, 0.15) is 18.5 Å². The summed E-state index contributed by atoms with van der Waals surface area (Å²) in [6, 6.07) is 0. The SMILES string of the molecule is O=P(O)(O)O.O=P(O)(O)O.O=P(O)(O)O.[H-].[H-].[H-].[H-].[H-].[H-].[H-].[H-].[H-].[H-].[H-].[H-].[H-].[K+].[K+].[K+].[K+].[K+].[K+].[K+].[K+].[K+].[K+].[K+].[K+].[K+]. The molecule has 122 valence electrons. The zero-order valence-corrected chi connectivity index (χ0v) is 62.9. The average Bonchev–Trinajstić information content (AvgIpc) is 1.41. The van der Waals surface area contributed by atoms with Crippen LogP contribution >= 0.6 is 23.5 Å². The van der Waals surface area contributed by atoms with Gasteiger partial charge in [0.15, 0.2) is 0 Å². The maximum atomic E-state index is 8.88. The predicted octanol–water partition coefficient (Wildman–Crippen LogP) is -40.3. The largest absolute Gasteiger partial charge is 1.00 e. The Morgan fingerprint density at radius 2 is 0.286 bits per heavy atom. The normalized spacial score (nSPS) is 6.32. The van der Waals surface area contributed by atoms with Gasteiger partial charge in [-0.05, 0) is 0 Å². The topological polar surface area (TPSA) is 233 Å². The van der Waals surface area contributed by atoms with E-state index in [1.54, 1.807) is 0 Å². The molecule has 0 aromatic heterocycles. The van der Waals surface area contributed by atoms with Gasteiger partial charge in [0.1, 0.15) is 0 Å². The van der Waals surface area contributed by atoms with Crippen molar-refractivity contribution in [3.05, 3.63) is 0 Å². The van der Waals surface area contributed by atoms with E-state index in [-0.39, 0.29) is 687 Å². The van der Waals surface area contributed by atoms with Gasteiger partial charge in [0.25, 0.3) is 0 Å². The Bertz CT molecular complexity index is 262. The van der Waals surface area contributed by atoms with E-state index in [9.17, 15) is 0 Å². The van der Waals surface area contributed by atoms with Gasteiger partial charge in [0.2, 0.25) is 0 Å². The third-order valence-corrected chi connectivity index (χ3v) is 0. The van der Waals surface area contributed by atoms with E-state index in [1.165, 1.54) is 0 Å². The maximum absolute atomic E-state index is 8.88. The molecule has 0 rings (SSSR count). The molecule has 0 aliphatic rings. The first-order valence-corrected chi connectivity index (χ1v) is 7.04. The van der Waals surface area contributed by atoms with Gasteiger partial charge in [-0.3, -0.25) is 0 Å². The van der Waals surface area contributed by atoms with Crippen LogP contribution in [-0.4, -0.2) is 44.0 Å². The first-order chi connectivity index (χ1) is 6.00. The Hall–Kier alpha value is 21.6. The van der Waals surface area contributed by atoms with Crippen LogP contribution < -0.4 is 668 Å². The molecule has 0 radical (unpaired) electrons. The summed E-state index contributed by atoms with van der Waals surface area (Å²) in [5.41, 5.74) is 0. The summed E-state index contributed by atoms with van der Waals surface area (Å²) in [5.74, 6) is 0. The molecule has 28 heavy (non-hydrogen) atoms. The molecule has 28 heteroatoms. The smallest absolute Gasteiger partial charge is 1.00 e. The van der Waals surface area contributed by atoms with Gasteiger partial charge in [0.05, 0.1) is 0 Å². The van der Waals surface area contributed by atoms with Gasteiger partial charge in [0, 0.05) is 0 Å². The molecule has 9 N–H and O–H groups in total. The minimum Gasteiger partial charge on any atom is -1.00 e. The molecule has 0 bridgehead atoms. The van der Waals surface area contributed by atoms with Crippen LogP contribution in [-0.2, 0) is 13.7 Å². The minimum atomic E-state index is -4.64. The van der Waals surface area contributed by atoms with Crippen LogP contribution in [0.2, 0.25) is 0 Å². The van der Waals surface area contributed by atoms with E-state index in [4.69, 9.17) is 57.7 Å². The molecular formula is H22K13O12P3. The van der Waals surface area contributed by atoms with Crippen molar-refractivity contribution in [2.75, 3.05) is 0 Å². The first kappa shape index (κ1) is 104. The zero-order chi connectivity index (χ0) is 13.5. The van der Waals surface area contributed by atoms with E-state index in [2.05, 4.69) is 0 Å². The predicted molar refractivity (Wildman–Crippen MR) is 57.2 cm³/mol. The Balaban J connectivity index is -0.00000000148. The van der Waals surface area contributed by atoms with Crippen molar-refractivity contribution in [2.24, 2.45) is 0 Å². The third-order valence-electron chi connectivity index (χ3n) is 0. The molecule has 0 heterocycles. The quantitative estimate of drug-likeness (QED) is 0.0821. The molecule has 0 aliphatic heterocycles. The van der Waals surface area contributed by atoms with Crippen LogP contribution in [0.15, 0.2) is 0 Å². The second kappa shape index (κ2) is 70.2. The van der Waals surface area contributed by atoms with Gasteiger partial charge in [-0.1, -0.05) is 0 Å². The van der Waals surface area contributed by atoms with Crippen molar-refractivity contribution in [1.29, 1.82) is 0 Å². The summed E-state index contributed by atoms with van der Waals surface area (Å²) in [7, 11) is -13.9. The molecule has 0 spiro atoms. The summed E-state index contributed by atoms with van der Waals surface area (Å²) >= 11 is 0. The number of hydrogen-bond donors (Lipinski definition) is 9. The van der Waals surface area contributed by atoms with Crippen molar-refractivity contribution in [1.82, 2.24) is 0 Å². The molecule has 0 aromatic carbocycles. The number of hydrogen-bond acceptors (Lipinski definition) is 3. The summed E-state index contributed by atoms with van der Waals surface area (Å²) in [6.45, 7) is 0.